The van der Waals surface area contributed by atoms with Crippen LogP contribution in [0.15, 0.2) is 12.1 Å². The number of methoxy groups -OCH3 is 1. The second kappa shape index (κ2) is 2.97. The van der Waals surface area contributed by atoms with Crippen molar-refractivity contribution >= 4 is 5.97 Å². The lowest BCUT2D eigenvalue weighted by Gasteiger charge is -2.09. The highest BCUT2D eigenvalue weighted by molar-refractivity contribution is 5.94. The number of fused-ring (bicyclic) bond motifs is 1. The molecule has 3 rings (SSSR count). The normalized spacial score (nSPS) is 22.2. The molecule has 4 nitrogen and oxygen atoms in total. The maximum atomic E-state index is 11.3. The molecule has 15 heavy (non-hydrogen) atoms. The molecule has 1 atom stereocenters. The van der Waals surface area contributed by atoms with E-state index < -0.39 is 0 Å². The summed E-state index contributed by atoms with van der Waals surface area (Å²) < 4.78 is 15.5. The van der Waals surface area contributed by atoms with Gasteiger partial charge in [0.05, 0.1) is 19.3 Å². The van der Waals surface area contributed by atoms with Gasteiger partial charge in [0.25, 0.3) is 0 Å². The first kappa shape index (κ1) is 8.73. The molecule has 78 valence electrons. The molecule has 2 heterocycles. The third kappa shape index (κ3) is 1.22. The van der Waals surface area contributed by atoms with Crippen LogP contribution in [-0.4, -0.2) is 19.7 Å². The Morgan fingerprint density at radius 2 is 2.27 bits per heavy atom. The molecule has 4 heteroatoms. The number of benzene rings is 1. The average molecular weight is 206 g/mol. The van der Waals surface area contributed by atoms with Crippen molar-refractivity contribution in [2.45, 2.75) is 12.7 Å². The monoisotopic (exact) mass is 206 g/mol. The smallest absolute Gasteiger partial charge is 0.339 e. The highest BCUT2D eigenvalue weighted by Crippen LogP contribution is 2.41. The lowest BCUT2D eigenvalue weighted by atomic mass is 10.0. The summed E-state index contributed by atoms with van der Waals surface area (Å²) in [5, 5.41) is 0. The van der Waals surface area contributed by atoms with Crippen molar-refractivity contribution in [3.63, 3.8) is 0 Å². The molecule has 1 saturated heterocycles. The van der Waals surface area contributed by atoms with Gasteiger partial charge >= 0.3 is 5.97 Å². The van der Waals surface area contributed by atoms with Gasteiger partial charge in [-0.3, -0.25) is 0 Å². The molecule has 2 aliphatic rings. The van der Waals surface area contributed by atoms with Crippen molar-refractivity contribution in [3.05, 3.63) is 28.8 Å². The van der Waals surface area contributed by atoms with Crippen molar-refractivity contribution < 1.29 is 19.0 Å². The van der Waals surface area contributed by atoms with E-state index >= 15 is 0 Å². The molecule has 0 aromatic heterocycles. The summed E-state index contributed by atoms with van der Waals surface area (Å²) in [6.07, 6.45) is 0.126. The van der Waals surface area contributed by atoms with E-state index in [-0.39, 0.29) is 12.1 Å². The summed E-state index contributed by atoms with van der Waals surface area (Å²) in [6.45, 7) is 1.03. The number of cyclic esters (lactones) is 1. The zero-order valence-corrected chi connectivity index (χ0v) is 8.28. The Morgan fingerprint density at radius 1 is 1.47 bits per heavy atom. The van der Waals surface area contributed by atoms with Gasteiger partial charge in [0.15, 0.2) is 0 Å². The van der Waals surface area contributed by atoms with Gasteiger partial charge in [-0.2, -0.15) is 0 Å². The number of rotatable bonds is 2. The van der Waals surface area contributed by atoms with E-state index in [1.54, 1.807) is 13.2 Å². The number of ether oxygens (including phenoxy) is 3. The number of hydrogen-bond acceptors (Lipinski definition) is 4. The van der Waals surface area contributed by atoms with Crippen LogP contribution in [0.2, 0.25) is 0 Å². The summed E-state index contributed by atoms with van der Waals surface area (Å²) in [6, 6.07) is 3.66. The van der Waals surface area contributed by atoms with Gasteiger partial charge in [-0.1, -0.05) is 6.07 Å². The van der Waals surface area contributed by atoms with Crippen LogP contribution in [0.25, 0.3) is 0 Å². The molecule has 1 fully saturated rings. The summed E-state index contributed by atoms with van der Waals surface area (Å²) in [5.74, 6) is 0.465. The Hall–Kier alpha value is -1.55. The Kier molecular flexibility index (Phi) is 1.73. The van der Waals surface area contributed by atoms with E-state index in [1.807, 2.05) is 6.07 Å². The van der Waals surface area contributed by atoms with Gasteiger partial charge in [-0.25, -0.2) is 4.79 Å². The van der Waals surface area contributed by atoms with Crippen molar-refractivity contribution in [2.24, 2.45) is 0 Å². The summed E-state index contributed by atoms with van der Waals surface area (Å²) in [7, 11) is 1.60. The van der Waals surface area contributed by atoms with Gasteiger partial charge in [0, 0.05) is 11.1 Å². The van der Waals surface area contributed by atoms with E-state index in [4.69, 9.17) is 14.2 Å². The Balaban J connectivity index is 2.16. The van der Waals surface area contributed by atoms with E-state index in [9.17, 15) is 4.79 Å². The fraction of sp³-hybridized carbons (Fsp3) is 0.364. The molecule has 0 bridgehead atoms. The van der Waals surface area contributed by atoms with Crippen LogP contribution in [0.4, 0.5) is 0 Å². The third-order valence-corrected chi connectivity index (χ3v) is 2.74. The van der Waals surface area contributed by atoms with Crippen LogP contribution in [0.5, 0.6) is 5.75 Å². The molecule has 1 aromatic carbocycles. The van der Waals surface area contributed by atoms with Gasteiger partial charge in [0.2, 0.25) is 0 Å². The van der Waals surface area contributed by atoms with Crippen LogP contribution in [0.1, 0.15) is 27.6 Å². The molecule has 1 unspecified atom stereocenters. The van der Waals surface area contributed by atoms with Crippen molar-refractivity contribution in [1.29, 1.82) is 0 Å². The highest BCUT2D eigenvalue weighted by Gasteiger charge is 2.33. The van der Waals surface area contributed by atoms with Crippen LogP contribution in [0.3, 0.4) is 0 Å². The van der Waals surface area contributed by atoms with Crippen LogP contribution < -0.4 is 4.74 Å². The molecule has 1 aromatic rings. The van der Waals surface area contributed by atoms with Crippen molar-refractivity contribution in [1.82, 2.24) is 0 Å². The number of epoxide rings is 1. The van der Waals surface area contributed by atoms with Gasteiger partial charge in [-0.15, -0.1) is 0 Å². The molecule has 0 saturated carbocycles. The maximum absolute atomic E-state index is 11.3. The molecule has 0 spiro atoms. The topological polar surface area (TPSA) is 48.1 Å². The Labute approximate surface area is 86.7 Å². The third-order valence-electron chi connectivity index (χ3n) is 2.74. The molecule has 0 aliphatic carbocycles. The molecule has 0 amide bonds. The lowest BCUT2D eigenvalue weighted by molar-refractivity contribution is 0.0534. The van der Waals surface area contributed by atoms with Gasteiger partial charge in [0.1, 0.15) is 18.5 Å². The first-order valence-corrected chi connectivity index (χ1v) is 4.79. The van der Waals surface area contributed by atoms with Gasteiger partial charge < -0.3 is 14.2 Å². The number of carbonyl (C=O) groups excluding carboxylic acids is 1. The second-order valence-corrected chi connectivity index (χ2v) is 3.61. The van der Waals surface area contributed by atoms with E-state index in [0.29, 0.717) is 12.2 Å². The quantitative estimate of drug-likeness (QED) is 0.542. The predicted octanol–water partition coefficient (Wildman–Crippen LogP) is 1.44. The number of esters is 1. The molecular weight excluding hydrogens is 196 g/mol. The van der Waals surface area contributed by atoms with Crippen molar-refractivity contribution in [3.8, 4) is 5.75 Å². The van der Waals surface area contributed by atoms with E-state index in [1.165, 1.54) is 0 Å². The number of carbonyl (C=O) groups is 1. The minimum Gasteiger partial charge on any atom is -0.496 e. The predicted molar refractivity (Wildman–Crippen MR) is 50.8 cm³/mol. The first-order valence-electron chi connectivity index (χ1n) is 4.79. The van der Waals surface area contributed by atoms with E-state index in [0.717, 1.165) is 23.5 Å². The van der Waals surface area contributed by atoms with Crippen LogP contribution >= 0.6 is 0 Å². The first-order chi connectivity index (χ1) is 7.31. The van der Waals surface area contributed by atoms with Crippen LogP contribution in [0, 0.1) is 0 Å². The lowest BCUT2D eigenvalue weighted by Crippen LogP contribution is -1.98. The van der Waals surface area contributed by atoms with E-state index in [2.05, 4.69) is 0 Å². The van der Waals surface area contributed by atoms with Crippen LogP contribution in [-0.2, 0) is 16.1 Å². The largest absolute Gasteiger partial charge is 0.496 e. The minimum atomic E-state index is -0.272. The average Bonchev–Trinajstić information content (AvgIpc) is 3.03. The fourth-order valence-electron chi connectivity index (χ4n) is 1.92. The summed E-state index contributed by atoms with van der Waals surface area (Å²) >= 11 is 0. The maximum Gasteiger partial charge on any atom is 0.339 e. The summed E-state index contributed by atoms with van der Waals surface area (Å²) in [5.41, 5.74) is 2.46. The Bertz CT molecular complexity index is 434. The highest BCUT2D eigenvalue weighted by atomic mass is 16.6. The molecule has 2 aliphatic heterocycles. The van der Waals surface area contributed by atoms with Crippen molar-refractivity contribution in [2.75, 3.05) is 13.7 Å². The summed E-state index contributed by atoms with van der Waals surface area (Å²) in [4.78, 5) is 11.3. The standard InChI is InChI=1S/C11H10O4/c1-13-10-7(9-5-14-9)3-2-6-8(10)4-15-11(6)12/h2-3,9H,4-5H2,1H3. The fourth-order valence-corrected chi connectivity index (χ4v) is 1.92. The van der Waals surface area contributed by atoms with Gasteiger partial charge in [-0.05, 0) is 6.07 Å². The minimum absolute atomic E-state index is 0.126. The second-order valence-electron chi connectivity index (χ2n) is 3.61. The molecule has 0 radical (unpaired) electrons. The molecular formula is C11H10O4. The molecule has 0 N–H and O–H groups in total. The zero-order valence-electron chi connectivity index (χ0n) is 8.28. The SMILES string of the molecule is COc1c(C2CO2)ccc2c1COC2=O. The number of hydrogen-bond donors (Lipinski definition) is 0. The Morgan fingerprint density at radius 3 is 2.93 bits per heavy atom. The zero-order chi connectivity index (χ0) is 10.4.